The Balaban J connectivity index is 2.08. The van der Waals surface area contributed by atoms with Crippen LogP contribution in [0.3, 0.4) is 0 Å². The lowest BCUT2D eigenvalue weighted by molar-refractivity contribution is -0.137. The average molecular weight is 483 g/mol. The second kappa shape index (κ2) is 9.28. The van der Waals surface area contributed by atoms with Gasteiger partial charge in [-0.1, -0.05) is 23.2 Å². The molecule has 0 spiro atoms. The number of anilines is 1. The van der Waals surface area contributed by atoms with Crippen molar-refractivity contribution in [1.29, 1.82) is 0 Å². The third-order valence-corrected chi connectivity index (χ3v) is 5.02. The van der Waals surface area contributed by atoms with E-state index in [0.717, 1.165) is 4.57 Å². The van der Waals surface area contributed by atoms with Crippen molar-refractivity contribution in [3.8, 4) is 11.5 Å². The van der Waals surface area contributed by atoms with Gasteiger partial charge in [-0.3, -0.25) is 19.0 Å². The number of fused-ring (bicyclic) bond motifs is 1. The number of carbonyl (C=O) groups excluding carboxylic acids is 1. The zero-order valence-electron chi connectivity index (χ0n) is 16.7. The van der Waals surface area contributed by atoms with Crippen LogP contribution >= 0.6 is 23.2 Å². The lowest BCUT2D eigenvalue weighted by Crippen LogP contribution is -2.43. The number of hydrogen-bond acceptors (Lipinski definition) is 7. The number of carbonyl (C=O) groups is 2. The van der Waals surface area contributed by atoms with Gasteiger partial charge in [-0.2, -0.15) is 0 Å². The van der Waals surface area contributed by atoms with Gasteiger partial charge in [0.05, 0.1) is 30.4 Å². The van der Waals surface area contributed by atoms with Crippen LogP contribution in [0.1, 0.15) is 0 Å². The Labute approximate surface area is 189 Å². The molecule has 0 saturated carbocycles. The maximum atomic E-state index is 12.9. The Morgan fingerprint density at radius 2 is 1.78 bits per heavy atom. The van der Waals surface area contributed by atoms with Gasteiger partial charge in [-0.15, -0.1) is 0 Å². The van der Waals surface area contributed by atoms with Crippen LogP contribution in [0.5, 0.6) is 11.5 Å². The summed E-state index contributed by atoms with van der Waals surface area (Å²) in [6.07, 6.45) is 1.26. The first-order chi connectivity index (χ1) is 15.2. The standard InChI is InChI=1S/C19H16Cl2N4O7/c1-31-12-6-13(32-2)10(5-9(12)20)23-14(26)7-24-11-3-4-22-17(21)16(11)18(29)25(19(24)30)8-15(27)28/h3-6H,7-8H2,1-2H3,(H,23,26)(H,27,28). The molecule has 0 bridgehead atoms. The Hall–Kier alpha value is -3.57. The molecule has 2 aromatic heterocycles. The molecule has 1 amide bonds. The predicted octanol–water partition coefficient (Wildman–Crippen LogP) is 1.61. The fraction of sp³-hybridized carbons (Fsp3) is 0.211. The molecule has 2 N–H and O–H groups in total. The van der Waals surface area contributed by atoms with Crippen molar-refractivity contribution in [3.05, 3.63) is 55.4 Å². The van der Waals surface area contributed by atoms with Crippen LogP contribution in [0.2, 0.25) is 10.2 Å². The summed E-state index contributed by atoms with van der Waals surface area (Å²) in [7, 11) is 2.80. The number of pyridine rings is 1. The highest BCUT2D eigenvalue weighted by Gasteiger charge is 2.20. The van der Waals surface area contributed by atoms with Gasteiger partial charge < -0.3 is 19.9 Å². The van der Waals surface area contributed by atoms with E-state index in [0.29, 0.717) is 10.3 Å². The number of ether oxygens (including phenoxy) is 2. The number of aliphatic carboxylic acids is 1. The summed E-state index contributed by atoms with van der Waals surface area (Å²) in [6, 6.07) is 4.20. The number of hydrogen-bond donors (Lipinski definition) is 2. The maximum Gasteiger partial charge on any atom is 0.332 e. The molecule has 2 heterocycles. The first-order valence-electron chi connectivity index (χ1n) is 8.89. The topological polar surface area (TPSA) is 142 Å². The van der Waals surface area contributed by atoms with Gasteiger partial charge in [0.15, 0.2) is 0 Å². The largest absolute Gasteiger partial charge is 0.495 e. The Morgan fingerprint density at radius 3 is 2.41 bits per heavy atom. The van der Waals surface area contributed by atoms with E-state index in [1.807, 2.05) is 0 Å². The molecule has 11 nitrogen and oxygen atoms in total. The third kappa shape index (κ3) is 4.39. The number of nitrogens with zero attached hydrogens (tertiary/aromatic N) is 3. The summed E-state index contributed by atoms with van der Waals surface area (Å²) in [6.45, 7) is -1.48. The van der Waals surface area contributed by atoms with E-state index < -0.39 is 36.2 Å². The van der Waals surface area contributed by atoms with Crippen LogP contribution in [0.4, 0.5) is 5.69 Å². The van der Waals surface area contributed by atoms with E-state index in [1.165, 1.54) is 38.6 Å². The first-order valence-corrected chi connectivity index (χ1v) is 9.64. The van der Waals surface area contributed by atoms with E-state index in [4.69, 9.17) is 37.8 Å². The quantitative estimate of drug-likeness (QED) is 0.483. The molecule has 0 fully saturated rings. The highest BCUT2D eigenvalue weighted by Crippen LogP contribution is 2.35. The summed E-state index contributed by atoms with van der Waals surface area (Å²) >= 11 is 12.1. The second-order valence-electron chi connectivity index (χ2n) is 6.38. The minimum Gasteiger partial charge on any atom is -0.495 e. The lowest BCUT2D eigenvalue weighted by Gasteiger charge is -2.15. The molecule has 0 aliphatic carbocycles. The van der Waals surface area contributed by atoms with Gasteiger partial charge in [0.1, 0.15) is 35.1 Å². The summed E-state index contributed by atoms with van der Waals surface area (Å²) in [4.78, 5) is 53.2. The van der Waals surface area contributed by atoms with Crippen LogP contribution < -0.4 is 26.0 Å². The zero-order chi connectivity index (χ0) is 23.6. The number of rotatable bonds is 7. The fourth-order valence-electron chi connectivity index (χ4n) is 3.04. The second-order valence-corrected chi connectivity index (χ2v) is 7.15. The number of nitrogens with one attached hydrogen (secondary N) is 1. The molecule has 0 aliphatic rings. The monoisotopic (exact) mass is 482 g/mol. The third-order valence-electron chi connectivity index (χ3n) is 4.44. The Morgan fingerprint density at radius 1 is 1.09 bits per heavy atom. The van der Waals surface area contributed by atoms with Crippen molar-refractivity contribution >= 4 is 51.7 Å². The van der Waals surface area contributed by atoms with Gasteiger partial charge in [-0.05, 0) is 12.1 Å². The number of benzene rings is 1. The van der Waals surface area contributed by atoms with Crippen LogP contribution in [0.25, 0.3) is 10.9 Å². The predicted molar refractivity (Wildman–Crippen MR) is 116 cm³/mol. The van der Waals surface area contributed by atoms with E-state index in [9.17, 15) is 19.2 Å². The summed E-state index contributed by atoms with van der Waals surface area (Å²) in [5, 5.41) is 11.4. The van der Waals surface area contributed by atoms with E-state index >= 15 is 0 Å². The normalized spacial score (nSPS) is 10.8. The zero-order valence-corrected chi connectivity index (χ0v) is 18.2. The van der Waals surface area contributed by atoms with E-state index in [1.54, 1.807) is 0 Å². The Bertz CT molecular complexity index is 1350. The minimum atomic E-state index is -1.42. The number of methoxy groups -OCH3 is 2. The number of carboxylic acid groups (broad SMARTS) is 1. The van der Waals surface area contributed by atoms with Crippen LogP contribution in [-0.2, 0) is 22.7 Å². The molecular weight excluding hydrogens is 467 g/mol. The highest BCUT2D eigenvalue weighted by atomic mass is 35.5. The van der Waals surface area contributed by atoms with Crippen molar-refractivity contribution in [2.75, 3.05) is 19.5 Å². The maximum absolute atomic E-state index is 12.9. The molecule has 1 aromatic carbocycles. The van der Waals surface area contributed by atoms with Gasteiger partial charge in [0.25, 0.3) is 5.56 Å². The SMILES string of the molecule is COc1cc(OC)c(NC(=O)Cn2c(=O)n(CC(=O)O)c(=O)c3c(Cl)nccc32)cc1Cl. The molecule has 0 saturated heterocycles. The molecule has 0 unspecified atom stereocenters. The molecule has 168 valence electrons. The summed E-state index contributed by atoms with van der Waals surface area (Å²) < 4.78 is 11.7. The summed E-state index contributed by atoms with van der Waals surface area (Å²) in [5.41, 5.74) is -1.69. The van der Waals surface area contributed by atoms with E-state index in [-0.39, 0.29) is 32.5 Å². The molecule has 0 radical (unpaired) electrons. The molecule has 13 heteroatoms. The van der Waals surface area contributed by atoms with Crippen molar-refractivity contribution < 1.29 is 24.2 Å². The van der Waals surface area contributed by atoms with Gasteiger partial charge in [-0.25, -0.2) is 14.3 Å². The van der Waals surface area contributed by atoms with Gasteiger partial charge in [0, 0.05) is 12.3 Å². The lowest BCUT2D eigenvalue weighted by atomic mass is 10.2. The average Bonchev–Trinajstić information content (AvgIpc) is 2.74. The molecule has 3 aromatic rings. The van der Waals surface area contributed by atoms with Gasteiger partial charge >= 0.3 is 11.7 Å². The smallest absolute Gasteiger partial charge is 0.332 e. The fourth-order valence-corrected chi connectivity index (χ4v) is 3.51. The van der Waals surface area contributed by atoms with Crippen molar-refractivity contribution in [2.24, 2.45) is 0 Å². The molecule has 0 aliphatic heterocycles. The number of amides is 1. The summed E-state index contributed by atoms with van der Waals surface area (Å²) in [5.74, 6) is -1.52. The molecular formula is C19H16Cl2N4O7. The number of carboxylic acids is 1. The molecule has 3 rings (SSSR count). The van der Waals surface area contributed by atoms with Crippen LogP contribution in [0.15, 0.2) is 34.0 Å². The number of halogens is 2. The first kappa shape index (κ1) is 23.1. The van der Waals surface area contributed by atoms with Crippen molar-refractivity contribution in [1.82, 2.24) is 14.1 Å². The van der Waals surface area contributed by atoms with Crippen LogP contribution in [-0.4, -0.2) is 45.3 Å². The molecule has 32 heavy (non-hydrogen) atoms. The van der Waals surface area contributed by atoms with Crippen LogP contribution in [0, 0.1) is 0 Å². The number of aromatic nitrogens is 3. The minimum absolute atomic E-state index is 0.0246. The highest BCUT2D eigenvalue weighted by molar-refractivity contribution is 6.34. The van der Waals surface area contributed by atoms with E-state index in [2.05, 4.69) is 10.3 Å². The van der Waals surface area contributed by atoms with Crippen molar-refractivity contribution in [3.63, 3.8) is 0 Å². The molecule has 0 atom stereocenters. The van der Waals surface area contributed by atoms with Crippen molar-refractivity contribution in [2.45, 2.75) is 13.1 Å². The van der Waals surface area contributed by atoms with Gasteiger partial charge in [0.2, 0.25) is 5.91 Å². The Kier molecular flexibility index (Phi) is 6.70.